The number of aromatic nitrogens is 5. The van der Waals surface area contributed by atoms with Crippen molar-refractivity contribution in [1.29, 1.82) is 0 Å². The SMILES string of the molecule is Cc1nc2nc(C(C)(F)F)nn2c(Nc2ccc(C(F)(F)F)nc2)c1F. The summed E-state index contributed by atoms with van der Waals surface area (Å²) >= 11 is 0. The summed E-state index contributed by atoms with van der Waals surface area (Å²) in [5.74, 6) is -5.87. The molecule has 0 amide bonds. The number of nitrogens with zero attached hydrogens (tertiary/aromatic N) is 5. The minimum absolute atomic E-state index is 0.0101. The second-order valence-corrected chi connectivity index (χ2v) is 5.45. The topological polar surface area (TPSA) is 68.0 Å². The summed E-state index contributed by atoms with van der Waals surface area (Å²) in [4.78, 5) is 10.5. The summed E-state index contributed by atoms with van der Waals surface area (Å²) < 4.78 is 79.6. The van der Waals surface area contributed by atoms with Crippen LogP contribution in [0.3, 0.4) is 0 Å². The van der Waals surface area contributed by atoms with E-state index in [1.165, 1.54) is 6.92 Å². The third-order valence-corrected chi connectivity index (χ3v) is 3.30. The van der Waals surface area contributed by atoms with Crippen molar-refractivity contribution >= 4 is 17.3 Å². The summed E-state index contributed by atoms with van der Waals surface area (Å²) in [5, 5.41) is 6.00. The minimum atomic E-state index is -4.63. The maximum atomic E-state index is 14.4. The fourth-order valence-corrected chi connectivity index (χ4v) is 2.06. The fourth-order valence-electron chi connectivity index (χ4n) is 2.06. The van der Waals surface area contributed by atoms with E-state index in [1.54, 1.807) is 0 Å². The number of fused-ring (bicyclic) bond motifs is 1. The van der Waals surface area contributed by atoms with Crippen LogP contribution in [-0.4, -0.2) is 24.6 Å². The van der Waals surface area contributed by atoms with Gasteiger partial charge >= 0.3 is 12.1 Å². The summed E-state index contributed by atoms with van der Waals surface area (Å²) in [5.41, 5.74) is -1.30. The lowest BCUT2D eigenvalue weighted by Crippen LogP contribution is -2.11. The van der Waals surface area contributed by atoms with Crippen molar-refractivity contribution in [3.8, 4) is 0 Å². The molecule has 0 atom stereocenters. The molecular formula is C14H10F6N6. The Morgan fingerprint density at radius 1 is 1.08 bits per heavy atom. The first-order valence-electron chi connectivity index (χ1n) is 7.08. The Hall–Kier alpha value is -2.92. The zero-order chi connectivity index (χ0) is 19.3. The van der Waals surface area contributed by atoms with Gasteiger partial charge in [-0.15, -0.1) is 5.10 Å². The number of pyridine rings is 1. The van der Waals surface area contributed by atoms with Crippen LogP contribution in [0.15, 0.2) is 18.3 Å². The van der Waals surface area contributed by atoms with Gasteiger partial charge in [0.2, 0.25) is 5.82 Å². The number of alkyl halides is 5. The molecule has 0 aromatic carbocycles. The van der Waals surface area contributed by atoms with Crippen LogP contribution in [0.1, 0.15) is 24.1 Å². The van der Waals surface area contributed by atoms with E-state index in [-0.39, 0.29) is 17.2 Å². The molecule has 3 heterocycles. The predicted octanol–water partition coefficient (Wildman–Crippen LogP) is 3.84. The van der Waals surface area contributed by atoms with Crippen molar-refractivity contribution in [2.24, 2.45) is 0 Å². The van der Waals surface area contributed by atoms with Gasteiger partial charge in [0.1, 0.15) is 5.69 Å². The average molecular weight is 376 g/mol. The van der Waals surface area contributed by atoms with Gasteiger partial charge in [-0.25, -0.2) is 14.4 Å². The molecule has 26 heavy (non-hydrogen) atoms. The normalized spacial score (nSPS) is 12.6. The number of halogens is 6. The number of anilines is 2. The van der Waals surface area contributed by atoms with Crippen molar-refractivity contribution in [1.82, 2.24) is 24.6 Å². The lowest BCUT2D eigenvalue weighted by Gasteiger charge is -2.11. The Balaban J connectivity index is 2.06. The first kappa shape index (κ1) is 17.9. The molecular weight excluding hydrogens is 366 g/mol. The Bertz CT molecular complexity index is 957. The van der Waals surface area contributed by atoms with Gasteiger partial charge < -0.3 is 5.32 Å². The molecule has 1 N–H and O–H groups in total. The van der Waals surface area contributed by atoms with Crippen molar-refractivity contribution in [2.75, 3.05) is 5.32 Å². The van der Waals surface area contributed by atoms with Crippen molar-refractivity contribution in [2.45, 2.75) is 25.9 Å². The van der Waals surface area contributed by atoms with Crippen LogP contribution in [0.2, 0.25) is 0 Å². The van der Waals surface area contributed by atoms with Gasteiger partial charge in [0.15, 0.2) is 11.6 Å². The molecule has 138 valence electrons. The van der Waals surface area contributed by atoms with Crippen molar-refractivity contribution in [3.63, 3.8) is 0 Å². The standard InChI is InChI=1S/C14H10F6N6/c1-6-9(15)10(23-7-3-4-8(21-5-7)14(18,19)20)26-12(22-6)24-11(25-26)13(2,16)17/h3-5,23H,1-2H3. The molecule has 6 nitrogen and oxygen atoms in total. The maximum absolute atomic E-state index is 14.4. The van der Waals surface area contributed by atoms with Gasteiger partial charge in [-0.3, -0.25) is 0 Å². The van der Waals surface area contributed by atoms with Crippen molar-refractivity contribution < 1.29 is 26.3 Å². The van der Waals surface area contributed by atoms with E-state index in [1.807, 2.05) is 0 Å². The van der Waals surface area contributed by atoms with Crippen LogP contribution in [0, 0.1) is 12.7 Å². The molecule has 0 spiro atoms. The smallest absolute Gasteiger partial charge is 0.336 e. The summed E-state index contributed by atoms with van der Waals surface area (Å²) in [6, 6.07) is 1.71. The number of rotatable bonds is 3. The Morgan fingerprint density at radius 2 is 1.77 bits per heavy atom. The largest absolute Gasteiger partial charge is 0.433 e. The van der Waals surface area contributed by atoms with E-state index in [4.69, 9.17) is 0 Å². The zero-order valence-electron chi connectivity index (χ0n) is 13.2. The first-order valence-corrected chi connectivity index (χ1v) is 7.08. The number of aryl methyl sites for hydroxylation is 1. The molecule has 0 saturated heterocycles. The van der Waals surface area contributed by atoms with E-state index in [9.17, 15) is 26.3 Å². The number of hydrogen-bond donors (Lipinski definition) is 1. The highest BCUT2D eigenvalue weighted by molar-refractivity contribution is 5.59. The fraction of sp³-hybridized carbons (Fsp3) is 0.286. The minimum Gasteiger partial charge on any atom is -0.336 e. The van der Waals surface area contributed by atoms with Gasteiger partial charge in [-0.05, 0) is 19.1 Å². The Kier molecular flexibility index (Phi) is 4.00. The number of hydrogen-bond acceptors (Lipinski definition) is 5. The Morgan fingerprint density at radius 3 is 2.31 bits per heavy atom. The third-order valence-electron chi connectivity index (χ3n) is 3.30. The van der Waals surface area contributed by atoms with Crippen LogP contribution in [0.5, 0.6) is 0 Å². The Labute approximate surface area is 141 Å². The highest BCUT2D eigenvalue weighted by atomic mass is 19.4. The molecule has 3 aromatic heterocycles. The van der Waals surface area contributed by atoms with Crippen LogP contribution in [0.25, 0.3) is 5.78 Å². The molecule has 12 heteroatoms. The van der Waals surface area contributed by atoms with Crippen LogP contribution >= 0.6 is 0 Å². The van der Waals surface area contributed by atoms with Gasteiger partial charge in [0.25, 0.3) is 5.78 Å². The van der Waals surface area contributed by atoms with E-state index in [2.05, 4.69) is 25.4 Å². The van der Waals surface area contributed by atoms with Gasteiger partial charge in [-0.1, -0.05) is 0 Å². The molecule has 0 bridgehead atoms. The van der Waals surface area contributed by atoms with E-state index < -0.39 is 35.3 Å². The lowest BCUT2D eigenvalue weighted by molar-refractivity contribution is -0.141. The lowest BCUT2D eigenvalue weighted by atomic mass is 10.3. The van der Waals surface area contributed by atoms with Gasteiger partial charge in [0, 0.05) is 6.92 Å². The molecule has 0 unspecified atom stereocenters. The highest BCUT2D eigenvalue weighted by Gasteiger charge is 2.33. The van der Waals surface area contributed by atoms with E-state index in [0.29, 0.717) is 17.5 Å². The monoisotopic (exact) mass is 376 g/mol. The number of nitrogens with one attached hydrogen (secondary N) is 1. The predicted molar refractivity (Wildman–Crippen MR) is 77.6 cm³/mol. The molecule has 3 aromatic rings. The quantitative estimate of drug-likeness (QED) is 0.704. The molecule has 3 rings (SSSR count). The first-order chi connectivity index (χ1) is 12.0. The van der Waals surface area contributed by atoms with Crippen LogP contribution < -0.4 is 5.32 Å². The van der Waals surface area contributed by atoms with Crippen LogP contribution in [0.4, 0.5) is 37.8 Å². The summed E-state index contributed by atoms with van der Waals surface area (Å²) in [6.45, 7) is 1.85. The van der Waals surface area contributed by atoms with E-state index >= 15 is 0 Å². The summed E-state index contributed by atoms with van der Waals surface area (Å²) in [6.07, 6.45) is -3.80. The second kappa shape index (κ2) is 5.81. The second-order valence-electron chi connectivity index (χ2n) is 5.45. The molecule has 0 saturated carbocycles. The molecule has 0 radical (unpaired) electrons. The zero-order valence-corrected chi connectivity index (χ0v) is 13.2. The maximum Gasteiger partial charge on any atom is 0.433 e. The molecule has 0 fully saturated rings. The molecule has 0 aliphatic carbocycles. The van der Waals surface area contributed by atoms with Crippen molar-refractivity contribution in [3.05, 3.63) is 41.4 Å². The molecule has 0 aliphatic heterocycles. The van der Waals surface area contributed by atoms with Gasteiger partial charge in [0.05, 0.1) is 17.6 Å². The van der Waals surface area contributed by atoms with Gasteiger partial charge in [-0.2, -0.15) is 31.5 Å². The molecule has 0 aliphatic rings. The third kappa shape index (κ3) is 3.26. The van der Waals surface area contributed by atoms with Crippen LogP contribution in [-0.2, 0) is 12.1 Å². The average Bonchev–Trinajstić information content (AvgIpc) is 2.95. The highest BCUT2D eigenvalue weighted by Crippen LogP contribution is 2.30. The van der Waals surface area contributed by atoms with E-state index in [0.717, 1.165) is 12.3 Å². The summed E-state index contributed by atoms with van der Waals surface area (Å²) in [7, 11) is 0.